The number of fused-ring (bicyclic) bond motifs is 9. The highest BCUT2D eigenvalue weighted by molar-refractivity contribution is 6.39. The van der Waals surface area contributed by atoms with Crippen LogP contribution in [0.5, 0.6) is 0 Å². The predicted molar refractivity (Wildman–Crippen MR) is 192 cm³/mol. The van der Waals surface area contributed by atoms with Gasteiger partial charge in [-0.3, -0.25) is 9.13 Å². The van der Waals surface area contributed by atoms with Crippen LogP contribution in [-0.4, -0.2) is 19.1 Å². The summed E-state index contributed by atoms with van der Waals surface area (Å²) in [4.78, 5) is 10.9. The Kier molecular flexibility index (Phi) is 4.55. The van der Waals surface area contributed by atoms with Crippen LogP contribution in [0.4, 0.5) is 0 Å². The average molecular weight is 585 g/mol. The number of nitrogens with zero attached hydrogens (tertiary/aromatic N) is 4. The second kappa shape index (κ2) is 8.68. The standard InChI is InChI=1S/C42H24N4/c1-2-13-26-25(12-1)24-37-40-38(26)30-17-4-3-14-27(30)31-18-11-23-36(39(31)40)46(37)42-41(43-32-19-7-8-20-33(32)44-42)45-34-21-9-5-15-28(34)29-16-6-10-22-35(29)45/h1-24H. The quantitative estimate of drug-likeness (QED) is 0.190. The van der Waals surface area contributed by atoms with Crippen molar-refractivity contribution in [2.45, 2.75) is 0 Å². The molecule has 212 valence electrons. The first-order chi connectivity index (χ1) is 22.8. The van der Waals surface area contributed by atoms with Crippen molar-refractivity contribution in [1.29, 1.82) is 0 Å². The van der Waals surface area contributed by atoms with E-state index in [0.717, 1.165) is 44.7 Å². The summed E-state index contributed by atoms with van der Waals surface area (Å²) in [5.74, 6) is 1.63. The summed E-state index contributed by atoms with van der Waals surface area (Å²) >= 11 is 0. The summed E-state index contributed by atoms with van der Waals surface area (Å²) in [5.41, 5.74) is 6.22. The Balaban J connectivity index is 1.41. The maximum absolute atomic E-state index is 5.48. The van der Waals surface area contributed by atoms with E-state index in [1.54, 1.807) is 0 Å². The van der Waals surface area contributed by atoms with Gasteiger partial charge in [0.2, 0.25) is 0 Å². The van der Waals surface area contributed by atoms with E-state index in [1.165, 1.54) is 53.9 Å². The van der Waals surface area contributed by atoms with Crippen LogP contribution in [0, 0.1) is 0 Å². The van der Waals surface area contributed by atoms with Gasteiger partial charge in [0.1, 0.15) is 0 Å². The average Bonchev–Trinajstić information content (AvgIpc) is 3.63. The SMILES string of the molecule is c1ccc2c(c1)cc1c3c2c2ccccc2c2cccc(c23)n1-c1nc2ccccc2nc1-n1c2ccccc2c2ccccc21. The number of para-hydroxylation sites is 4. The van der Waals surface area contributed by atoms with Crippen molar-refractivity contribution in [3.05, 3.63) is 146 Å². The highest BCUT2D eigenvalue weighted by Crippen LogP contribution is 2.47. The van der Waals surface area contributed by atoms with E-state index in [-0.39, 0.29) is 0 Å². The Morgan fingerprint density at radius 1 is 0.326 bits per heavy atom. The molecule has 4 heteroatoms. The van der Waals surface area contributed by atoms with Crippen LogP contribution in [-0.2, 0) is 0 Å². The molecule has 8 aromatic carbocycles. The number of rotatable bonds is 2. The highest BCUT2D eigenvalue weighted by Gasteiger charge is 2.25. The normalized spacial score (nSPS) is 12.3. The van der Waals surface area contributed by atoms with Gasteiger partial charge < -0.3 is 0 Å². The first-order valence-corrected chi connectivity index (χ1v) is 15.7. The van der Waals surface area contributed by atoms with Gasteiger partial charge in [0, 0.05) is 26.9 Å². The minimum atomic E-state index is 0.812. The van der Waals surface area contributed by atoms with Crippen molar-refractivity contribution in [1.82, 2.24) is 19.1 Å². The summed E-state index contributed by atoms with van der Waals surface area (Å²) in [5, 5.41) is 12.5. The lowest BCUT2D eigenvalue weighted by Crippen LogP contribution is -2.09. The number of benzene rings is 8. The molecule has 3 aromatic heterocycles. The Bertz CT molecular complexity index is 2980. The smallest absolute Gasteiger partial charge is 0.182 e. The number of hydrogen-bond acceptors (Lipinski definition) is 2. The monoisotopic (exact) mass is 584 g/mol. The Morgan fingerprint density at radius 2 is 0.804 bits per heavy atom. The molecule has 0 unspecified atom stereocenters. The van der Waals surface area contributed by atoms with Crippen LogP contribution in [0.3, 0.4) is 0 Å². The first-order valence-electron chi connectivity index (χ1n) is 15.7. The molecule has 0 aliphatic rings. The second-order valence-corrected chi connectivity index (χ2v) is 12.2. The molecule has 4 nitrogen and oxygen atoms in total. The van der Waals surface area contributed by atoms with Crippen LogP contribution in [0.2, 0.25) is 0 Å². The van der Waals surface area contributed by atoms with Gasteiger partial charge in [-0.1, -0.05) is 109 Å². The van der Waals surface area contributed by atoms with Crippen molar-refractivity contribution in [2.24, 2.45) is 0 Å². The largest absolute Gasteiger partial charge is 0.291 e. The highest BCUT2D eigenvalue weighted by atomic mass is 15.2. The molecule has 0 radical (unpaired) electrons. The van der Waals surface area contributed by atoms with Crippen molar-refractivity contribution in [2.75, 3.05) is 0 Å². The molecule has 0 N–H and O–H groups in total. The topological polar surface area (TPSA) is 35.6 Å². The van der Waals surface area contributed by atoms with Crippen LogP contribution < -0.4 is 0 Å². The maximum Gasteiger partial charge on any atom is 0.182 e. The van der Waals surface area contributed by atoms with Gasteiger partial charge in [0.05, 0.1) is 33.1 Å². The van der Waals surface area contributed by atoms with Crippen LogP contribution >= 0.6 is 0 Å². The van der Waals surface area contributed by atoms with Gasteiger partial charge in [-0.25, -0.2) is 9.97 Å². The molecular formula is C42H24N4. The fraction of sp³-hybridized carbons (Fsp3) is 0. The van der Waals surface area contributed by atoms with Crippen molar-refractivity contribution >= 4 is 87.0 Å². The third kappa shape index (κ3) is 2.98. The molecule has 46 heavy (non-hydrogen) atoms. The lowest BCUT2D eigenvalue weighted by atomic mass is 9.91. The molecular weight excluding hydrogens is 560 g/mol. The lowest BCUT2D eigenvalue weighted by molar-refractivity contribution is 0.996. The maximum atomic E-state index is 5.48. The number of hydrogen-bond donors (Lipinski definition) is 0. The van der Waals surface area contributed by atoms with E-state index in [2.05, 4.69) is 143 Å². The summed E-state index contributed by atoms with van der Waals surface area (Å²) < 4.78 is 4.67. The molecule has 0 amide bonds. The Labute approximate surface area is 262 Å². The lowest BCUT2D eigenvalue weighted by Gasteiger charge is -2.16. The third-order valence-corrected chi connectivity index (χ3v) is 9.83. The van der Waals surface area contributed by atoms with E-state index in [9.17, 15) is 0 Å². The van der Waals surface area contributed by atoms with Gasteiger partial charge in [-0.2, -0.15) is 0 Å². The molecule has 11 aromatic rings. The molecule has 0 fully saturated rings. The molecule has 3 heterocycles. The van der Waals surface area contributed by atoms with E-state index in [4.69, 9.17) is 9.97 Å². The molecule has 0 aliphatic heterocycles. The minimum absolute atomic E-state index is 0.812. The summed E-state index contributed by atoms with van der Waals surface area (Å²) in [6.45, 7) is 0. The zero-order valence-corrected chi connectivity index (χ0v) is 24.6. The van der Waals surface area contributed by atoms with Gasteiger partial charge in [-0.05, 0) is 63.3 Å². The Morgan fingerprint density at radius 3 is 1.50 bits per heavy atom. The van der Waals surface area contributed by atoms with E-state index in [1.807, 2.05) is 12.1 Å². The van der Waals surface area contributed by atoms with Gasteiger partial charge in [0.25, 0.3) is 0 Å². The van der Waals surface area contributed by atoms with E-state index in [0.29, 0.717) is 0 Å². The van der Waals surface area contributed by atoms with E-state index < -0.39 is 0 Å². The Hall–Kier alpha value is -6.26. The molecule has 0 atom stereocenters. The summed E-state index contributed by atoms with van der Waals surface area (Å²) in [6, 6.07) is 52.1. The molecule has 0 saturated carbocycles. The zero-order chi connectivity index (χ0) is 29.9. The first kappa shape index (κ1) is 24.1. The predicted octanol–water partition coefficient (Wildman–Crippen LogP) is 10.7. The minimum Gasteiger partial charge on any atom is -0.291 e. The second-order valence-electron chi connectivity index (χ2n) is 12.2. The fourth-order valence-electron chi connectivity index (χ4n) is 7.98. The third-order valence-electron chi connectivity index (χ3n) is 9.83. The van der Waals surface area contributed by atoms with Gasteiger partial charge >= 0.3 is 0 Å². The van der Waals surface area contributed by atoms with Crippen molar-refractivity contribution < 1.29 is 0 Å². The summed E-state index contributed by atoms with van der Waals surface area (Å²) in [6.07, 6.45) is 0. The molecule has 0 saturated heterocycles. The zero-order valence-electron chi connectivity index (χ0n) is 24.6. The molecule has 11 rings (SSSR count). The van der Waals surface area contributed by atoms with Crippen LogP contribution in [0.1, 0.15) is 0 Å². The van der Waals surface area contributed by atoms with Gasteiger partial charge in [0.15, 0.2) is 11.6 Å². The fourth-order valence-corrected chi connectivity index (χ4v) is 7.98. The van der Waals surface area contributed by atoms with Crippen molar-refractivity contribution in [3.63, 3.8) is 0 Å². The molecule has 0 spiro atoms. The van der Waals surface area contributed by atoms with Gasteiger partial charge in [-0.15, -0.1) is 0 Å². The molecule has 0 bridgehead atoms. The van der Waals surface area contributed by atoms with Crippen molar-refractivity contribution in [3.8, 4) is 11.6 Å². The van der Waals surface area contributed by atoms with Crippen LogP contribution in [0.15, 0.2) is 146 Å². The summed E-state index contributed by atoms with van der Waals surface area (Å²) in [7, 11) is 0. The molecule has 0 aliphatic carbocycles. The van der Waals surface area contributed by atoms with Crippen LogP contribution in [0.25, 0.3) is 98.6 Å². The number of aromatic nitrogens is 4. The van der Waals surface area contributed by atoms with E-state index >= 15 is 0 Å².